The standard InChI is InChI=1S/C26H21BrClNO2/c1-17-23(28)11-6-12-24(17)29-15-18-13-22(27)26(25(14-18)30-2)31-16-20-9-5-8-19-7-3-4-10-21(19)20/h3-15H,16H2,1-2H3. The molecule has 0 N–H and O–H groups in total. The summed E-state index contributed by atoms with van der Waals surface area (Å²) in [4.78, 5) is 4.58. The lowest BCUT2D eigenvalue weighted by Crippen LogP contribution is -2.00. The minimum atomic E-state index is 0.436. The fourth-order valence-corrected chi connectivity index (χ4v) is 4.15. The average molecular weight is 495 g/mol. The summed E-state index contributed by atoms with van der Waals surface area (Å²) in [5, 5.41) is 3.07. The molecule has 0 aliphatic carbocycles. The molecule has 3 nitrogen and oxygen atoms in total. The van der Waals surface area contributed by atoms with E-state index in [2.05, 4.69) is 45.2 Å². The van der Waals surface area contributed by atoms with Gasteiger partial charge in [-0.3, -0.25) is 4.99 Å². The van der Waals surface area contributed by atoms with Crippen LogP contribution in [0, 0.1) is 6.92 Å². The van der Waals surface area contributed by atoms with Crippen molar-refractivity contribution >= 4 is 50.2 Å². The van der Waals surface area contributed by atoms with Gasteiger partial charge in [-0.15, -0.1) is 0 Å². The molecule has 31 heavy (non-hydrogen) atoms. The molecule has 0 atom stereocenters. The number of halogens is 2. The summed E-state index contributed by atoms with van der Waals surface area (Å²) < 4.78 is 12.6. The van der Waals surface area contributed by atoms with Crippen molar-refractivity contribution in [3.8, 4) is 11.5 Å². The summed E-state index contributed by atoms with van der Waals surface area (Å²) in [6.45, 7) is 2.39. The number of benzene rings is 4. The van der Waals surface area contributed by atoms with Crippen molar-refractivity contribution in [2.24, 2.45) is 4.99 Å². The van der Waals surface area contributed by atoms with Gasteiger partial charge in [-0.2, -0.15) is 0 Å². The Balaban J connectivity index is 1.59. The first-order valence-electron chi connectivity index (χ1n) is 9.83. The maximum absolute atomic E-state index is 6.19. The summed E-state index contributed by atoms with van der Waals surface area (Å²) in [5.41, 5.74) is 3.79. The van der Waals surface area contributed by atoms with Crippen LogP contribution in [0.3, 0.4) is 0 Å². The van der Waals surface area contributed by atoms with Gasteiger partial charge in [0.1, 0.15) is 6.61 Å². The van der Waals surface area contributed by atoms with Crippen LogP contribution in [0.25, 0.3) is 10.8 Å². The maximum atomic E-state index is 6.19. The van der Waals surface area contributed by atoms with E-state index in [1.165, 1.54) is 10.8 Å². The SMILES string of the molecule is COc1cc(C=Nc2cccc(Cl)c2C)cc(Br)c1OCc1cccc2ccccc12. The van der Waals surface area contributed by atoms with Crippen molar-refractivity contribution in [1.82, 2.24) is 0 Å². The lowest BCUT2D eigenvalue weighted by Gasteiger charge is -2.14. The summed E-state index contributed by atoms with van der Waals surface area (Å²) in [5.74, 6) is 1.30. The van der Waals surface area contributed by atoms with Crippen LogP contribution in [0.2, 0.25) is 5.02 Å². The smallest absolute Gasteiger partial charge is 0.175 e. The molecule has 156 valence electrons. The average Bonchev–Trinajstić information content (AvgIpc) is 2.79. The van der Waals surface area contributed by atoms with E-state index in [4.69, 9.17) is 21.1 Å². The zero-order valence-corrected chi connectivity index (χ0v) is 19.6. The summed E-state index contributed by atoms with van der Waals surface area (Å²) >= 11 is 9.82. The van der Waals surface area contributed by atoms with E-state index in [0.29, 0.717) is 23.1 Å². The third-order valence-corrected chi connectivity index (χ3v) is 6.09. The lowest BCUT2D eigenvalue weighted by atomic mass is 10.1. The second-order valence-corrected chi connectivity index (χ2v) is 8.36. The second-order valence-electron chi connectivity index (χ2n) is 7.10. The molecular formula is C26H21BrClNO2. The molecule has 0 aliphatic rings. The molecule has 0 aromatic heterocycles. The van der Waals surface area contributed by atoms with Crippen LogP contribution in [-0.4, -0.2) is 13.3 Å². The zero-order chi connectivity index (χ0) is 21.8. The Morgan fingerprint density at radius 3 is 2.61 bits per heavy atom. The molecule has 4 rings (SSSR count). The predicted octanol–water partition coefficient (Wildman–Crippen LogP) is 7.90. The summed E-state index contributed by atoms with van der Waals surface area (Å²) in [6, 6.07) is 24.1. The highest BCUT2D eigenvalue weighted by Gasteiger charge is 2.12. The molecule has 0 unspecified atom stereocenters. The Morgan fingerprint density at radius 2 is 1.77 bits per heavy atom. The van der Waals surface area contributed by atoms with Crippen molar-refractivity contribution in [2.45, 2.75) is 13.5 Å². The highest BCUT2D eigenvalue weighted by atomic mass is 79.9. The molecule has 0 fully saturated rings. The number of ether oxygens (including phenoxy) is 2. The molecule has 4 aromatic carbocycles. The molecular weight excluding hydrogens is 474 g/mol. The molecule has 4 aromatic rings. The van der Waals surface area contributed by atoms with Crippen molar-refractivity contribution in [1.29, 1.82) is 0 Å². The molecule has 0 aliphatic heterocycles. The van der Waals surface area contributed by atoms with E-state index < -0.39 is 0 Å². The van der Waals surface area contributed by atoms with Crippen LogP contribution < -0.4 is 9.47 Å². The molecule has 0 bridgehead atoms. The largest absolute Gasteiger partial charge is 0.493 e. The van der Waals surface area contributed by atoms with Crippen molar-refractivity contribution in [2.75, 3.05) is 7.11 Å². The lowest BCUT2D eigenvalue weighted by molar-refractivity contribution is 0.283. The highest BCUT2D eigenvalue weighted by Crippen LogP contribution is 2.37. The van der Waals surface area contributed by atoms with Gasteiger partial charge in [0.05, 0.1) is 17.3 Å². The Hall–Kier alpha value is -2.82. The highest BCUT2D eigenvalue weighted by molar-refractivity contribution is 9.10. The fraction of sp³-hybridized carbons (Fsp3) is 0.115. The number of nitrogens with zero attached hydrogens (tertiary/aromatic N) is 1. The van der Waals surface area contributed by atoms with E-state index >= 15 is 0 Å². The first-order chi connectivity index (χ1) is 15.1. The van der Waals surface area contributed by atoms with Gasteiger partial charge in [0.15, 0.2) is 11.5 Å². The van der Waals surface area contributed by atoms with Crippen LogP contribution in [0.4, 0.5) is 5.69 Å². The summed E-state index contributed by atoms with van der Waals surface area (Å²) in [6.07, 6.45) is 1.79. The summed E-state index contributed by atoms with van der Waals surface area (Å²) in [7, 11) is 1.63. The van der Waals surface area contributed by atoms with Crippen LogP contribution in [0.1, 0.15) is 16.7 Å². The van der Waals surface area contributed by atoms with Crippen LogP contribution >= 0.6 is 27.5 Å². The number of hydrogen-bond donors (Lipinski definition) is 0. The Kier molecular flexibility index (Phi) is 6.59. The van der Waals surface area contributed by atoms with E-state index in [1.807, 2.05) is 55.5 Å². The molecule has 5 heteroatoms. The van der Waals surface area contributed by atoms with Gasteiger partial charge in [0, 0.05) is 11.2 Å². The van der Waals surface area contributed by atoms with E-state index in [0.717, 1.165) is 26.9 Å². The van der Waals surface area contributed by atoms with E-state index in [-0.39, 0.29) is 0 Å². The van der Waals surface area contributed by atoms with Crippen LogP contribution in [-0.2, 0) is 6.61 Å². The Bertz CT molecular complexity index is 1260. The van der Waals surface area contributed by atoms with Gasteiger partial charge in [0.25, 0.3) is 0 Å². The van der Waals surface area contributed by atoms with Crippen molar-refractivity contribution < 1.29 is 9.47 Å². The number of hydrogen-bond acceptors (Lipinski definition) is 3. The molecule has 0 saturated heterocycles. The quantitative estimate of drug-likeness (QED) is 0.255. The minimum Gasteiger partial charge on any atom is -0.493 e. The number of aliphatic imine (C=N–C) groups is 1. The third kappa shape index (κ3) is 4.76. The minimum absolute atomic E-state index is 0.436. The first-order valence-corrected chi connectivity index (χ1v) is 11.0. The molecule has 0 heterocycles. The maximum Gasteiger partial charge on any atom is 0.175 e. The first kappa shape index (κ1) is 21.4. The number of fused-ring (bicyclic) bond motifs is 1. The third-order valence-electron chi connectivity index (χ3n) is 5.10. The Labute approximate surface area is 195 Å². The Morgan fingerprint density at radius 1 is 1.00 bits per heavy atom. The predicted molar refractivity (Wildman–Crippen MR) is 132 cm³/mol. The second kappa shape index (κ2) is 9.54. The van der Waals surface area contributed by atoms with E-state index in [1.54, 1.807) is 13.3 Å². The monoisotopic (exact) mass is 493 g/mol. The zero-order valence-electron chi connectivity index (χ0n) is 17.2. The van der Waals surface area contributed by atoms with Crippen LogP contribution in [0.5, 0.6) is 11.5 Å². The van der Waals surface area contributed by atoms with Gasteiger partial charge in [-0.05, 0) is 74.6 Å². The molecule has 0 radical (unpaired) electrons. The molecule has 0 saturated carbocycles. The van der Waals surface area contributed by atoms with Gasteiger partial charge in [-0.1, -0.05) is 60.1 Å². The van der Waals surface area contributed by atoms with Crippen LogP contribution in [0.15, 0.2) is 82.3 Å². The molecule has 0 spiro atoms. The van der Waals surface area contributed by atoms with E-state index in [9.17, 15) is 0 Å². The van der Waals surface area contributed by atoms with Gasteiger partial charge in [0.2, 0.25) is 0 Å². The van der Waals surface area contributed by atoms with Gasteiger partial charge in [-0.25, -0.2) is 0 Å². The normalized spacial score (nSPS) is 11.2. The topological polar surface area (TPSA) is 30.8 Å². The number of rotatable bonds is 6. The molecule has 0 amide bonds. The fourth-order valence-electron chi connectivity index (χ4n) is 3.40. The van der Waals surface area contributed by atoms with Crippen molar-refractivity contribution in [3.05, 3.63) is 99.0 Å². The van der Waals surface area contributed by atoms with Crippen molar-refractivity contribution in [3.63, 3.8) is 0 Å². The number of methoxy groups -OCH3 is 1. The van der Waals surface area contributed by atoms with Gasteiger partial charge < -0.3 is 9.47 Å². The van der Waals surface area contributed by atoms with Gasteiger partial charge >= 0.3 is 0 Å².